The molecule has 1 aromatic heterocycles. The molecule has 0 radical (unpaired) electrons. The van der Waals surface area contributed by atoms with Crippen LogP contribution in [0.1, 0.15) is 15.9 Å². The minimum absolute atomic E-state index is 0.164. The van der Waals surface area contributed by atoms with Gasteiger partial charge in [-0.15, -0.1) is 0 Å². The van der Waals surface area contributed by atoms with Gasteiger partial charge in [-0.2, -0.15) is 13.2 Å². The average molecular weight is 407 g/mol. The molecule has 4 N–H and O–H groups in total. The van der Waals surface area contributed by atoms with Crippen LogP contribution in [0.4, 0.5) is 34.9 Å². The number of rotatable bonds is 5. The van der Waals surface area contributed by atoms with Crippen LogP contribution in [-0.2, 0) is 11.0 Å². The van der Waals surface area contributed by atoms with E-state index in [4.69, 9.17) is 5.73 Å². The average Bonchev–Trinajstić information content (AvgIpc) is 3.02. The highest BCUT2D eigenvalue weighted by Gasteiger charge is 2.32. The highest BCUT2D eigenvalue weighted by atomic mass is 19.4. The largest absolute Gasteiger partial charge is 0.416 e. The van der Waals surface area contributed by atoms with Gasteiger partial charge < -0.3 is 16.4 Å². The smallest absolute Gasteiger partial charge is 0.382 e. The van der Waals surface area contributed by atoms with Crippen LogP contribution in [-0.4, -0.2) is 21.9 Å². The second-order valence-electron chi connectivity index (χ2n) is 5.80. The van der Waals surface area contributed by atoms with E-state index in [0.717, 1.165) is 0 Å². The molecule has 0 aliphatic carbocycles. The number of alkyl halides is 3. The third kappa shape index (κ3) is 4.18. The number of carbonyl (C=O) groups is 2. The van der Waals surface area contributed by atoms with Crippen LogP contribution in [0.2, 0.25) is 0 Å². The van der Waals surface area contributed by atoms with Gasteiger partial charge in [0.05, 0.1) is 11.1 Å². The number of imidazole rings is 1. The van der Waals surface area contributed by atoms with Gasteiger partial charge in [-0.3, -0.25) is 14.2 Å². The Balaban J connectivity index is 1.80. The van der Waals surface area contributed by atoms with Crippen molar-refractivity contribution in [2.45, 2.75) is 6.18 Å². The Morgan fingerprint density at radius 3 is 2.45 bits per heavy atom. The van der Waals surface area contributed by atoms with Crippen LogP contribution in [0.5, 0.6) is 0 Å². The minimum atomic E-state index is -4.70. The Labute approximate surface area is 161 Å². The van der Waals surface area contributed by atoms with E-state index in [2.05, 4.69) is 15.6 Å². The molecule has 0 saturated carbocycles. The molecule has 0 saturated heterocycles. The molecule has 0 aliphatic heterocycles. The van der Waals surface area contributed by atoms with Crippen molar-refractivity contribution >= 4 is 29.6 Å². The fourth-order valence-corrected chi connectivity index (χ4v) is 2.51. The Hall–Kier alpha value is -3.89. The van der Waals surface area contributed by atoms with Crippen molar-refractivity contribution in [1.82, 2.24) is 9.55 Å². The first kappa shape index (κ1) is 19.9. The number of halogens is 4. The lowest BCUT2D eigenvalue weighted by Gasteiger charge is -2.11. The van der Waals surface area contributed by atoms with Gasteiger partial charge in [-0.05, 0) is 42.5 Å². The molecule has 3 aromatic rings. The Morgan fingerprint density at radius 2 is 1.83 bits per heavy atom. The number of hydrogen-bond donors (Lipinski definition) is 3. The van der Waals surface area contributed by atoms with E-state index in [-0.39, 0.29) is 17.3 Å². The zero-order valence-electron chi connectivity index (χ0n) is 14.5. The van der Waals surface area contributed by atoms with Crippen molar-refractivity contribution in [2.75, 3.05) is 16.4 Å². The van der Waals surface area contributed by atoms with Gasteiger partial charge in [-0.25, -0.2) is 9.37 Å². The molecule has 1 heterocycles. The summed E-state index contributed by atoms with van der Waals surface area (Å²) >= 11 is 0. The summed E-state index contributed by atoms with van der Waals surface area (Å²) in [4.78, 5) is 26.6. The van der Waals surface area contributed by atoms with Crippen LogP contribution in [0.3, 0.4) is 0 Å². The number of amides is 2. The van der Waals surface area contributed by atoms with Crippen molar-refractivity contribution in [3.63, 3.8) is 0 Å². The van der Waals surface area contributed by atoms with Gasteiger partial charge in [0.25, 0.3) is 5.91 Å². The molecule has 0 spiro atoms. The van der Waals surface area contributed by atoms with Crippen LogP contribution >= 0.6 is 0 Å². The first-order valence-corrected chi connectivity index (χ1v) is 8.02. The summed E-state index contributed by atoms with van der Waals surface area (Å²) in [6.07, 6.45) is -2.91. The summed E-state index contributed by atoms with van der Waals surface area (Å²) in [5, 5.41) is 4.67. The molecule has 3 rings (SSSR count). The normalized spacial score (nSPS) is 11.2. The summed E-state index contributed by atoms with van der Waals surface area (Å²) in [5.41, 5.74) is 4.76. The summed E-state index contributed by atoms with van der Waals surface area (Å²) in [6.45, 7) is 0. The molecule has 0 fully saturated rings. The van der Waals surface area contributed by atoms with Crippen molar-refractivity contribution in [3.05, 3.63) is 65.7 Å². The quantitative estimate of drug-likeness (QED) is 0.445. The molecule has 2 aromatic carbocycles. The number of nitrogens with one attached hydrogen (secondary N) is 2. The van der Waals surface area contributed by atoms with E-state index in [1.165, 1.54) is 23.0 Å². The second kappa shape index (κ2) is 7.62. The maximum absolute atomic E-state index is 13.8. The number of benzene rings is 2. The van der Waals surface area contributed by atoms with Gasteiger partial charge >= 0.3 is 6.18 Å². The van der Waals surface area contributed by atoms with Crippen molar-refractivity contribution in [3.8, 4) is 5.69 Å². The second-order valence-corrected chi connectivity index (χ2v) is 5.80. The maximum atomic E-state index is 13.8. The zero-order chi connectivity index (χ0) is 21.2. The van der Waals surface area contributed by atoms with Crippen LogP contribution in [0.25, 0.3) is 5.69 Å². The number of hydrogen-bond acceptors (Lipinski definition) is 4. The van der Waals surface area contributed by atoms with E-state index >= 15 is 0 Å². The number of nitrogens with zero attached hydrogens (tertiary/aromatic N) is 2. The monoisotopic (exact) mass is 407 g/mol. The standard InChI is InChI=1S/C18H13F4N5O2/c19-14-6-1-10(18(20,21)22)7-13(14)17(29)26-11-2-4-12(5-3-11)27-8-24-16(15(27)23)25-9-28/h1-9H,23H2,(H,25,28)(H,26,29). The van der Waals surface area contributed by atoms with Crippen molar-refractivity contribution < 1.29 is 27.2 Å². The Bertz CT molecular complexity index is 1060. The number of nitrogens with two attached hydrogens (primary N) is 1. The van der Waals surface area contributed by atoms with Gasteiger partial charge in [0.2, 0.25) is 6.41 Å². The molecule has 2 amide bonds. The Kier molecular flexibility index (Phi) is 5.22. The molecule has 29 heavy (non-hydrogen) atoms. The molecule has 0 unspecified atom stereocenters. The maximum Gasteiger partial charge on any atom is 0.416 e. The SMILES string of the molecule is Nc1c(NC=O)ncn1-c1ccc(NC(=O)c2cc(C(F)(F)F)ccc2F)cc1. The molecule has 7 nitrogen and oxygen atoms in total. The molecule has 150 valence electrons. The van der Waals surface area contributed by atoms with E-state index in [0.29, 0.717) is 30.3 Å². The van der Waals surface area contributed by atoms with Crippen molar-refractivity contribution in [1.29, 1.82) is 0 Å². The predicted molar refractivity (Wildman–Crippen MR) is 97.0 cm³/mol. The summed E-state index contributed by atoms with van der Waals surface area (Å²) in [7, 11) is 0. The van der Waals surface area contributed by atoms with Gasteiger partial charge in [0.1, 0.15) is 12.1 Å². The number of nitrogen functional groups attached to an aromatic ring is 1. The molecule has 0 aliphatic rings. The van der Waals surface area contributed by atoms with Gasteiger partial charge in [0.15, 0.2) is 11.6 Å². The van der Waals surface area contributed by atoms with Crippen LogP contribution in [0.15, 0.2) is 48.8 Å². The van der Waals surface area contributed by atoms with Crippen LogP contribution < -0.4 is 16.4 Å². The molecular weight excluding hydrogens is 394 g/mol. The topological polar surface area (TPSA) is 102 Å². The third-order valence-electron chi connectivity index (χ3n) is 3.94. The van der Waals surface area contributed by atoms with E-state index in [1.54, 1.807) is 12.1 Å². The van der Waals surface area contributed by atoms with Crippen molar-refractivity contribution in [2.24, 2.45) is 0 Å². The molecule has 0 bridgehead atoms. The number of anilines is 3. The number of aromatic nitrogens is 2. The lowest BCUT2D eigenvalue weighted by Crippen LogP contribution is -2.16. The lowest BCUT2D eigenvalue weighted by atomic mass is 10.1. The van der Waals surface area contributed by atoms with Crippen LogP contribution in [0, 0.1) is 5.82 Å². The molecule has 11 heteroatoms. The third-order valence-corrected chi connectivity index (χ3v) is 3.94. The van der Waals surface area contributed by atoms with Gasteiger partial charge in [0, 0.05) is 11.4 Å². The summed E-state index contributed by atoms with van der Waals surface area (Å²) in [5.74, 6) is -1.77. The number of carbonyl (C=O) groups excluding carboxylic acids is 2. The fourth-order valence-electron chi connectivity index (χ4n) is 2.51. The van der Waals surface area contributed by atoms with E-state index < -0.39 is 29.0 Å². The zero-order valence-corrected chi connectivity index (χ0v) is 14.5. The highest BCUT2D eigenvalue weighted by Crippen LogP contribution is 2.30. The van der Waals surface area contributed by atoms with E-state index in [1.807, 2.05) is 0 Å². The first-order valence-electron chi connectivity index (χ1n) is 8.02. The summed E-state index contributed by atoms with van der Waals surface area (Å²) < 4.78 is 53.6. The molecular formula is C18H13F4N5O2. The first-order chi connectivity index (χ1) is 13.7. The lowest BCUT2D eigenvalue weighted by molar-refractivity contribution is -0.137. The summed E-state index contributed by atoms with van der Waals surface area (Å²) in [6, 6.07) is 7.59. The van der Waals surface area contributed by atoms with E-state index in [9.17, 15) is 27.2 Å². The Morgan fingerprint density at radius 1 is 1.14 bits per heavy atom. The highest BCUT2D eigenvalue weighted by molar-refractivity contribution is 6.04. The van der Waals surface area contributed by atoms with Gasteiger partial charge in [-0.1, -0.05) is 0 Å². The minimum Gasteiger partial charge on any atom is -0.382 e. The molecule has 0 atom stereocenters. The fraction of sp³-hybridized carbons (Fsp3) is 0.0556. The predicted octanol–water partition coefficient (Wildman–Crippen LogP) is 3.43.